The number of hydrogen-bond acceptors (Lipinski definition) is 3. The first kappa shape index (κ1) is 8.11. The topological polar surface area (TPSA) is 20.2 Å². The minimum Gasteiger partial charge on any atom is -0.387 e. The van der Waals surface area contributed by atoms with Crippen molar-refractivity contribution >= 4 is 24.0 Å². The van der Waals surface area contributed by atoms with E-state index in [1.807, 2.05) is 19.1 Å². The van der Waals surface area contributed by atoms with Crippen LogP contribution in [0.1, 0.15) is 15.9 Å². The van der Waals surface area contributed by atoms with Crippen molar-refractivity contribution in [3.63, 3.8) is 0 Å². The first-order valence-electron chi connectivity index (χ1n) is 3.09. The molecule has 3 heteroatoms. The molecule has 1 unspecified atom stereocenters. The second-order valence-corrected chi connectivity index (χ2v) is 3.83. The van der Waals surface area contributed by atoms with Gasteiger partial charge in [0.15, 0.2) is 0 Å². The van der Waals surface area contributed by atoms with E-state index in [1.54, 1.807) is 11.3 Å². The van der Waals surface area contributed by atoms with Gasteiger partial charge in [0.25, 0.3) is 0 Å². The monoisotopic (exact) mass is 174 g/mol. The van der Waals surface area contributed by atoms with Gasteiger partial charge in [-0.25, -0.2) is 0 Å². The van der Waals surface area contributed by atoms with Crippen LogP contribution in [0.5, 0.6) is 0 Å². The number of aliphatic hydroxyl groups excluding tert-OH is 1. The van der Waals surface area contributed by atoms with E-state index >= 15 is 0 Å². The van der Waals surface area contributed by atoms with Crippen LogP contribution in [0.15, 0.2) is 12.1 Å². The fourth-order valence-corrected chi connectivity index (χ4v) is 1.91. The highest BCUT2D eigenvalue weighted by Crippen LogP contribution is 2.22. The lowest BCUT2D eigenvalue weighted by Gasteiger charge is -2.01. The smallest absolute Gasteiger partial charge is 0.0969 e. The maximum Gasteiger partial charge on any atom is 0.0969 e. The van der Waals surface area contributed by atoms with Crippen LogP contribution >= 0.6 is 24.0 Å². The highest BCUT2D eigenvalue weighted by molar-refractivity contribution is 7.80. The minimum atomic E-state index is -0.387. The molecule has 56 valence electrons. The van der Waals surface area contributed by atoms with Gasteiger partial charge in [-0.3, -0.25) is 0 Å². The molecule has 1 aromatic heterocycles. The Labute approximate surface area is 70.1 Å². The molecule has 1 rings (SSSR count). The average Bonchev–Trinajstić information content (AvgIpc) is 2.34. The zero-order valence-electron chi connectivity index (χ0n) is 5.74. The van der Waals surface area contributed by atoms with Crippen molar-refractivity contribution in [3.05, 3.63) is 21.9 Å². The Hall–Kier alpha value is 0.01000. The summed E-state index contributed by atoms with van der Waals surface area (Å²) in [5.74, 6) is 0.500. The Bertz CT molecular complexity index is 207. The third kappa shape index (κ3) is 1.75. The number of aryl methyl sites for hydroxylation is 1. The molecule has 1 N–H and O–H groups in total. The fourth-order valence-electron chi connectivity index (χ4n) is 0.722. The number of thiophene rings is 1. The second kappa shape index (κ2) is 3.42. The Morgan fingerprint density at radius 2 is 2.40 bits per heavy atom. The summed E-state index contributed by atoms with van der Waals surface area (Å²) < 4.78 is 0. The quantitative estimate of drug-likeness (QED) is 0.657. The Balaban J connectivity index is 2.74. The molecule has 0 saturated heterocycles. The molecule has 1 atom stereocenters. The normalized spacial score (nSPS) is 13.5. The fraction of sp³-hybridized carbons (Fsp3) is 0.429. The van der Waals surface area contributed by atoms with Crippen molar-refractivity contribution in [3.8, 4) is 0 Å². The van der Waals surface area contributed by atoms with E-state index in [-0.39, 0.29) is 6.10 Å². The van der Waals surface area contributed by atoms with Crippen LogP contribution in [0.2, 0.25) is 0 Å². The van der Waals surface area contributed by atoms with Crippen LogP contribution < -0.4 is 0 Å². The summed E-state index contributed by atoms with van der Waals surface area (Å²) in [6.45, 7) is 2.03. The molecular formula is C7H10OS2. The molecule has 0 saturated carbocycles. The summed E-state index contributed by atoms with van der Waals surface area (Å²) in [6, 6.07) is 3.95. The molecule has 0 aliphatic carbocycles. The van der Waals surface area contributed by atoms with Crippen molar-refractivity contribution in [1.82, 2.24) is 0 Å². The van der Waals surface area contributed by atoms with Crippen molar-refractivity contribution in [1.29, 1.82) is 0 Å². The van der Waals surface area contributed by atoms with Gasteiger partial charge in [0, 0.05) is 15.5 Å². The van der Waals surface area contributed by atoms with Gasteiger partial charge in [0.05, 0.1) is 6.10 Å². The third-order valence-electron chi connectivity index (χ3n) is 1.26. The highest BCUT2D eigenvalue weighted by atomic mass is 32.1. The van der Waals surface area contributed by atoms with Gasteiger partial charge in [-0.15, -0.1) is 11.3 Å². The van der Waals surface area contributed by atoms with Gasteiger partial charge in [0.1, 0.15) is 0 Å². The molecule has 0 aromatic carbocycles. The van der Waals surface area contributed by atoms with Crippen LogP contribution in [0.4, 0.5) is 0 Å². The molecule has 0 aliphatic rings. The Kier molecular flexibility index (Phi) is 2.77. The molecule has 0 aliphatic heterocycles. The summed E-state index contributed by atoms with van der Waals surface area (Å²) in [4.78, 5) is 2.24. The molecule has 1 nitrogen and oxygen atoms in total. The predicted octanol–water partition coefficient (Wildman–Crippen LogP) is 2.02. The number of rotatable bonds is 2. The second-order valence-electron chi connectivity index (χ2n) is 2.15. The van der Waals surface area contributed by atoms with E-state index in [2.05, 4.69) is 12.6 Å². The average molecular weight is 174 g/mol. The van der Waals surface area contributed by atoms with E-state index in [1.165, 1.54) is 4.88 Å². The summed E-state index contributed by atoms with van der Waals surface area (Å²) >= 11 is 5.61. The maximum atomic E-state index is 9.28. The van der Waals surface area contributed by atoms with Gasteiger partial charge in [-0.2, -0.15) is 12.6 Å². The van der Waals surface area contributed by atoms with Gasteiger partial charge in [-0.1, -0.05) is 0 Å². The number of aliphatic hydroxyl groups is 1. The molecule has 0 radical (unpaired) electrons. The SMILES string of the molecule is Cc1ccc(C(O)CS)s1. The van der Waals surface area contributed by atoms with Crippen LogP contribution in [0.3, 0.4) is 0 Å². The zero-order valence-corrected chi connectivity index (χ0v) is 7.45. The Morgan fingerprint density at radius 1 is 1.70 bits per heavy atom. The molecule has 1 aromatic rings. The van der Waals surface area contributed by atoms with Crippen LogP contribution in [0.25, 0.3) is 0 Å². The van der Waals surface area contributed by atoms with Crippen molar-refractivity contribution in [2.24, 2.45) is 0 Å². The first-order chi connectivity index (χ1) is 4.74. The lowest BCUT2D eigenvalue weighted by molar-refractivity contribution is 0.208. The lowest BCUT2D eigenvalue weighted by atomic mass is 10.3. The molecule has 10 heavy (non-hydrogen) atoms. The molecule has 0 bridgehead atoms. The summed E-state index contributed by atoms with van der Waals surface area (Å²) in [7, 11) is 0. The van der Waals surface area contributed by atoms with Gasteiger partial charge in [0.2, 0.25) is 0 Å². The van der Waals surface area contributed by atoms with Crippen LogP contribution in [0, 0.1) is 6.92 Å². The van der Waals surface area contributed by atoms with Crippen LogP contribution in [-0.4, -0.2) is 10.9 Å². The minimum absolute atomic E-state index is 0.387. The van der Waals surface area contributed by atoms with Gasteiger partial charge < -0.3 is 5.11 Å². The van der Waals surface area contributed by atoms with Crippen molar-refractivity contribution in [2.75, 3.05) is 5.75 Å². The van der Waals surface area contributed by atoms with E-state index in [0.29, 0.717) is 5.75 Å². The molecule has 0 spiro atoms. The zero-order chi connectivity index (χ0) is 7.56. The maximum absolute atomic E-state index is 9.28. The first-order valence-corrected chi connectivity index (χ1v) is 4.54. The van der Waals surface area contributed by atoms with E-state index < -0.39 is 0 Å². The van der Waals surface area contributed by atoms with Gasteiger partial charge in [-0.05, 0) is 19.1 Å². The third-order valence-corrected chi connectivity index (χ3v) is 2.71. The van der Waals surface area contributed by atoms with E-state index in [4.69, 9.17) is 0 Å². The Morgan fingerprint density at radius 3 is 2.80 bits per heavy atom. The molecule has 0 amide bonds. The van der Waals surface area contributed by atoms with E-state index in [0.717, 1.165) is 4.88 Å². The lowest BCUT2D eigenvalue weighted by Crippen LogP contribution is -1.93. The van der Waals surface area contributed by atoms with Crippen LogP contribution in [-0.2, 0) is 0 Å². The summed E-state index contributed by atoms with van der Waals surface area (Å²) in [6.07, 6.45) is -0.387. The number of thiol groups is 1. The molecule has 1 heterocycles. The summed E-state index contributed by atoms with van der Waals surface area (Å²) in [5.41, 5.74) is 0. The number of hydrogen-bond donors (Lipinski definition) is 2. The molecular weight excluding hydrogens is 164 g/mol. The van der Waals surface area contributed by atoms with Crippen molar-refractivity contribution < 1.29 is 5.11 Å². The standard InChI is InChI=1S/C7H10OS2/c1-5-2-3-7(10-5)6(8)4-9/h2-3,6,8-9H,4H2,1H3. The van der Waals surface area contributed by atoms with Gasteiger partial charge >= 0.3 is 0 Å². The highest BCUT2D eigenvalue weighted by Gasteiger charge is 2.05. The molecule has 0 fully saturated rings. The van der Waals surface area contributed by atoms with Crippen molar-refractivity contribution in [2.45, 2.75) is 13.0 Å². The largest absolute Gasteiger partial charge is 0.387 e. The van der Waals surface area contributed by atoms with E-state index in [9.17, 15) is 5.11 Å². The summed E-state index contributed by atoms with van der Waals surface area (Å²) in [5, 5.41) is 9.28. The predicted molar refractivity (Wildman–Crippen MR) is 47.9 cm³/mol.